The van der Waals surface area contributed by atoms with Gasteiger partial charge in [0.2, 0.25) is 0 Å². The van der Waals surface area contributed by atoms with Crippen LogP contribution in [0, 0.1) is 0 Å². The van der Waals surface area contributed by atoms with Crippen molar-refractivity contribution in [2.45, 2.75) is 0 Å². The number of aromatic nitrogens is 1. The zero-order valence-electron chi connectivity index (χ0n) is 13.3. The lowest BCUT2D eigenvalue weighted by Crippen LogP contribution is -2.29. The number of anilines is 1. The van der Waals surface area contributed by atoms with Gasteiger partial charge in [-0.15, -0.1) is 11.3 Å². The third kappa shape index (κ3) is 2.78. The normalized spacial score (nSPS) is 11.0. The van der Waals surface area contributed by atoms with Crippen molar-refractivity contribution in [3.05, 3.63) is 58.1 Å². The number of fused-ring (bicyclic) bond motifs is 1. The Bertz CT molecular complexity index is 1100. The van der Waals surface area contributed by atoms with Gasteiger partial charge in [-0.05, 0) is 41.5 Å². The number of amides is 1. The molecule has 0 saturated heterocycles. The predicted octanol–water partition coefficient (Wildman–Crippen LogP) is 4.17. The fourth-order valence-corrected chi connectivity index (χ4v) is 4.05. The number of nitrogen functional groups attached to an aromatic ring is 2. The molecule has 8 heteroatoms. The van der Waals surface area contributed by atoms with E-state index in [0.717, 1.165) is 21.0 Å². The number of carbonyl (C=O) groups excluding carboxylic acids is 1. The Balaban J connectivity index is 2.04. The zero-order valence-corrected chi connectivity index (χ0v) is 15.7. The molecule has 6 nitrogen and oxygen atoms in total. The van der Waals surface area contributed by atoms with Gasteiger partial charge in [0.15, 0.2) is 5.76 Å². The molecule has 1 amide bonds. The Hall–Kier alpha value is -2.68. The summed E-state index contributed by atoms with van der Waals surface area (Å²) in [6.45, 7) is 0. The van der Waals surface area contributed by atoms with E-state index in [1.165, 1.54) is 11.3 Å². The van der Waals surface area contributed by atoms with Crippen LogP contribution in [-0.4, -0.2) is 10.9 Å². The highest BCUT2D eigenvalue weighted by molar-refractivity contribution is 9.10. The van der Waals surface area contributed by atoms with Gasteiger partial charge in [-0.25, -0.2) is 10.8 Å². The molecule has 0 fully saturated rings. The summed E-state index contributed by atoms with van der Waals surface area (Å²) in [6, 6.07) is 13.4. The second-order valence-electron chi connectivity index (χ2n) is 5.54. The summed E-state index contributed by atoms with van der Waals surface area (Å²) < 4.78 is 6.46. The molecule has 5 N–H and O–H groups in total. The lowest BCUT2D eigenvalue weighted by molar-refractivity contribution is 0.0958. The van der Waals surface area contributed by atoms with Gasteiger partial charge < -0.3 is 10.2 Å². The number of thiophene rings is 1. The summed E-state index contributed by atoms with van der Waals surface area (Å²) >= 11 is 4.64. The molecule has 1 aromatic carbocycles. The van der Waals surface area contributed by atoms with Gasteiger partial charge in [-0.2, -0.15) is 0 Å². The number of furan rings is 1. The fraction of sp³-hybridized carbons (Fsp3) is 0. The van der Waals surface area contributed by atoms with Crippen LogP contribution in [0.15, 0.2) is 57.6 Å². The number of benzene rings is 1. The number of carbonyl (C=O) groups is 1. The summed E-state index contributed by atoms with van der Waals surface area (Å²) in [5, 5.41) is 0.728. The molecule has 26 heavy (non-hydrogen) atoms. The summed E-state index contributed by atoms with van der Waals surface area (Å²) in [4.78, 5) is 17.7. The lowest BCUT2D eigenvalue weighted by Gasteiger charge is -2.08. The molecule has 0 saturated carbocycles. The van der Waals surface area contributed by atoms with Crippen molar-refractivity contribution in [2.24, 2.45) is 5.84 Å². The van der Waals surface area contributed by atoms with Crippen molar-refractivity contribution in [2.75, 3.05) is 5.73 Å². The predicted molar refractivity (Wildman–Crippen MR) is 107 cm³/mol. The van der Waals surface area contributed by atoms with Gasteiger partial charge in [-0.3, -0.25) is 10.2 Å². The average molecular weight is 429 g/mol. The van der Waals surface area contributed by atoms with Crippen LogP contribution < -0.4 is 17.0 Å². The van der Waals surface area contributed by atoms with Crippen molar-refractivity contribution in [1.29, 1.82) is 0 Å². The largest absolute Gasteiger partial charge is 0.463 e. The zero-order chi connectivity index (χ0) is 18.3. The van der Waals surface area contributed by atoms with Gasteiger partial charge in [-0.1, -0.05) is 28.1 Å². The average Bonchev–Trinajstić information content (AvgIpc) is 3.29. The Morgan fingerprint density at radius 3 is 2.65 bits per heavy atom. The maximum Gasteiger partial charge on any atom is 0.277 e. The molecule has 0 aliphatic rings. The maximum absolute atomic E-state index is 12.1. The number of rotatable bonds is 3. The van der Waals surface area contributed by atoms with Gasteiger partial charge in [0.05, 0.1) is 12.0 Å². The standard InChI is InChI=1S/C18H13BrN4O2S/c19-10-5-3-9(4-6-10)11-8-12(13-2-1-7-25-13)22-18-14(11)15(20)16(26-18)17(24)23-21/h1-8H,20-21H2,(H,23,24). The fourth-order valence-electron chi connectivity index (χ4n) is 2.76. The van der Waals surface area contributed by atoms with E-state index < -0.39 is 5.91 Å². The molecule has 0 atom stereocenters. The van der Waals surface area contributed by atoms with Crippen molar-refractivity contribution in [3.63, 3.8) is 0 Å². The molecule has 0 bridgehead atoms. The molecule has 0 aliphatic carbocycles. The monoisotopic (exact) mass is 428 g/mol. The van der Waals surface area contributed by atoms with Crippen LogP contribution >= 0.6 is 27.3 Å². The van der Waals surface area contributed by atoms with E-state index >= 15 is 0 Å². The number of hydrazine groups is 1. The number of halogens is 1. The molecule has 0 spiro atoms. The molecule has 130 valence electrons. The Kier molecular flexibility index (Phi) is 4.23. The van der Waals surface area contributed by atoms with E-state index in [1.807, 2.05) is 36.4 Å². The summed E-state index contributed by atoms with van der Waals surface area (Å²) in [6.07, 6.45) is 1.59. The van der Waals surface area contributed by atoms with E-state index in [2.05, 4.69) is 26.3 Å². The summed E-state index contributed by atoms with van der Waals surface area (Å²) in [5.41, 5.74) is 11.3. The summed E-state index contributed by atoms with van der Waals surface area (Å²) in [5.74, 6) is 5.48. The van der Waals surface area contributed by atoms with Gasteiger partial charge >= 0.3 is 0 Å². The number of nitrogens with one attached hydrogen (secondary N) is 1. The quantitative estimate of drug-likeness (QED) is 0.257. The lowest BCUT2D eigenvalue weighted by atomic mass is 10.0. The second-order valence-corrected chi connectivity index (χ2v) is 7.45. The molecule has 3 aromatic heterocycles. The number of nitrogens with two attached hydrogens (primary N) is 2. The molecular formula is C18H13BrN4O2S. The van der Waals surface area contributed by atoms with Crippen LogP contribution in [0.3, 0.4) is 0 Å². The van der Waals surface area contributed by atoms with E-state index in [0.29, 0.717) is 26.8 Å². The number of pyridine rings is 1. The highest BCUT2D eigenvalue weighted by Crippen LogP contribution is 2.41. The van der Waals surface area contributed by atoms with Crippen LogP contribution in [0.1, 0.15) is 9.67 Å². The minimum Gasteiger partial charge on any atom is -0.463 e. The first-order chi connectivity index (χ1) is 12.6. The first-order valence-corrected chi connectivity index (χ1v) is 9.23. The third-order valence-electron chi connectivity index (χ3n) is 3.97. The van der Waals surface area contributed by atoms with Gasteiger partial charge in [0.25, 0.3) is 5.91 Å². The molecule has 0 unspecified atom stereocenters. The minimum atomic E-state index is -0.438. The number of nitrogens with zero attached hydrogens (tertiary/aromatic N) is 1. The van der Waals surface area contributed by atoms with Crippen LogP contribution in [-0.2, 0) is 0 Å². The Morgan fingerprint density at radius 2 is 2.00 bits per heavy atom. The van der Waals surface area contributed by atoms with Crippen molar-refractivity contribution in [1.82, 2.24) is 10.4 Å². The van der Waals surface area contributed by atoms with Gasteiger partial charge in [0.1, 0.15) is 15.4 Å². The number of hydrogen-bond donors (Lipinski definition) is 3. The van der Waals surface area contributed by atoms with Crippen molar-refractivity contribution >= 4 is 49.1 Å². The molecular weight excluding hydrogens is 416 g/mol. The molecule has 3 heterocycles. The highest BCUT2D eigenvalue weighted by Gasteiger charge is 2.21. The first kappa shape index (κ1) is 16.8. The Labute approximate surface area is 160 Å². The number of hydrogen-bond acceptors (Lipinski definition) is 6. The van der Waals surface area contributed by atoms with E-state index in [1.54, 1.807) is 12.3 Å². The minimum absolute atomic E-state index is 0.338. The van der Waals surface area contributed by atoms with E-state index in [9.17, 15) is 4.79 Å². The van der Waals surface area contributed by atoms with Crippen molar-refractivity contribution in [3.8, 4) is 22.6 Å². The highest BCUT2D eigenvalue weighted by atomic mass is 79.9. The van der Waals surface area contributed by atoms with Crippen LogP contribution in [0.25, 0.3) is 32.8 Å². The van der Waals surface area contributed by atoms with Crippen molar-refractivity contribution < 1.29 is 9.21 Å². The molecule has 0 radical (unpaired) electrons. The summed E-state index contributed by atoms with van der Waals surface area (Å²) in [7, 11) is 0. The van der Waals surface area contributed by atoms with Crippen LogP contribution in [0.4, 0.5) is 5.69 Å². The molecule has 0 aliphatic heterocycles. The smallest absolute Gasteiger partial charge is 0.277 e. The first-order valence-electron chi connectivity index (χ1n) is 7.62. The topological polar surface area (TPSA) is 107 Å². The van der Waals surface area contributed by atoms with E-state index in [4.69, 9.17) is 16.0 Å². The SMILES string of the molecule is NNC(=O)c1sc2nc(-c3ccco3)cc(-c3ccc(Br)cc3)c2c1N. The molecule has 4 rings (SSSR count). The maximum atomic E-state index is 12.1. The van der Waals surface area contributed by atoms with Gasteiger partial charge in [0, 0.05) is 9.86 Å². The second kappa shape index (κ2) is 6.56. The molecule has 4 aromatic rings. The Morgan fingerprint density at radius 1 is 1.23 bits per heavy atom. The third-order valence-corrected chi connectivity index (χ3v) is 5.59. The van der Waals surface area contributed by atoms with Crippen LogP contribution in [0.5, 0.6) is 0 Å². The van der Waals surface area contributed by atoms with Crippen LogP contribution in [0.2, 0.25) is 0 Å². The van der Waals surface area contributed by atoms with E-state index in [-0.39, 0.29) is 0 Å².